The second kappa shape index (κ2) is 9.49. The van der Waals surface area contributed by atoms with Crippen molar-refractivity contribution in [3.8, 4) is 5.75 Å². The SMILES string of the molecule is NCC1C=CCC(CC2(CNC(=O)c3occc(=O)c3OCc3ccccc3)CN2)C1. The molecule has 4 N–H and O–H groups in total. The van der Waals surface area contributed by atoms with Gasteiger partial charge in [0.1, 0.15) is 6.61 Å². The maximum atomic E-state index is 12.8. The fourth-order valence-corrected chi connectivity index (χ4v) is 4.18. The predicted octanol–water partition coefficient (Wildman–Crippen LogP) is 2.22. The van der Waals surface area contributed by atoms with Gasteiger partial charge < -0.3 is 25.5 Å². The molecule has 0 saturated carbocycles. The summed E-state index contributed by atoms with van der Waals surface area (Å²) in [6.45, 7) is 2.18. The molecule has 7 heteroatoms. The topological polar surface area (TPSA) is 116 Å². The summed E-state index contributed by atoms with van der Waals surface area (Å²) in [5, 5.41) is 6.34. The van der Waals surface area contributed by atoms with E-state index in [2.05, 4.69) is 22.8 Å². The van der Waals surface area contributed by atoms with Gasteiger partial charge in [-0.05, 0) is 43.2 Å². The highest BCUT2D eigenvalue weighted by atomic mass is 16.5. The van der Waals surface area contributed by atoms with Crippen LogP contribution < -0.4 is 26.5 Å². The highest BCUT2D eigenvalue weighted by molar-refractivity contribution is 5.93. The molecule has 2 aromatic rings. The van der Waals surface area contributed by atoms with E-state index >= 15 is 0 Å². The molecule has 2 heterocycles. The van der Waals surface area contributed by atoms with Crippen LogP contribution in [0, 0.1) is 11.8 Å². The number of carbonyl (C=O) groups is 1. The molecule has 1 aromatic carbocycles. The number of carbonyl (C=O) groups excluding carboxylic acids is 1. The van der Waals surface area contributed by atoms with Gasteiger partial charge in [-0.25, -0.2) is 0 Å². The first-order chi connectivity index (χ1) is 15.1. The van der Waals surface area contributed by atoms with Gasteiger partial charge >= 0.3 is 0 Å². The number of benzene rings is 1. The smallest absolute Gasteiger partial charge is 0.291 e. The minimum absolute atomic E-state index is 0.0649. The quantitative estimate of drug-likeness (QED) is 0.421. The fraction of sp³-hybridized carbons (Fsp3) is 0.417. The molecular weight excluding hydrogens is 394 g/mol. The summed E-state index contributed by atoms with van der Waals surface area (Å²) in [4.78, 5) is 25.1. The van der Waals surface area contributed by atoms with Crippen molar-refractivity contribution in [3.05, 3.63) is 76.4 Å². The minimum Gasteiger partial charge on any atom is -0.481 e. The van der Waals surface area contributed by atoms with Crippen LogP contribution in [0.4, 0.5) is 0 Å². The van der Waals surface area contributed by atoms with Crippen molar-refractivity contribution >= 4 is 5.91 Å². The third kappa shape index (κ3) is 5.42. The lowest BCUT2D eigenvalue weighted by Gasteiger charge is -2.27. The molecule has 1 amide bonds. The zero-order valence-corrected chi connectivity index (χ0v) is 17.5. The Kier molecular flexibility index (Phi) is 6.53. The maximum Gasteiger partial charge on any atom is 0.291 e. The summed E-state index contributed by atoms with van der Waals surface area (Å²) >= 11 is 0. The predicted molar refractivity (Wildman–Crippen MR) is 118 cm³/mol. The molecule has 0 bridgehead atoms. The number of ether oxygens (including phenoxy) is 1. The Hall–Kier alpha value is -2.90. The Bertz CT molecular complexity index is 982. The molecule has 0 spiro atoms. The van der Waals surface area contributed by atoms with Gasteiger partial charge in [0.2, 0.25) is 16.9 Å². The summed E-state index contributed by atoms with van der Waals surface area (Å²) < 4.78 is 11.0. The minimum atomic E-state index is -0.447. The third-order valence-electron chi connectivity index (χ3n) is 6.03. The van der Waals surface area contributed by atoms with Crippen LogP contribution in [0.2, 0.25) is 0 Å². The highest BCUT2D eigenvalue weighted by Crippen LogP contribution is 2.34. The zero-order valence-electron chi connectivity index (χ0n) is 17.5. The maximum absolute atomic E-state index is 12.8. The lowest BCUT2D eigenvalue weighted by atomic mass is 9.81. The van der Waals surface area contributed by atoms with E-state index in [-0.39, 0.29) is 29.1 Å². The first kappa shape index (κ1) is 21.3. The molecule has 1 fully saturated rings. The van der Waals surface area contributed by atoms with Gasteiger partial charge in [-0.3, -0.25) is 9.59 Å². The monoisotopic (exact) mass is 423 g/mol. The summed E-state index contributed by atoms with van der Waals surface area (Å²) in [6, 6.07) is 10.7. The Balaban J connectivity index is 1.37. The lowest BCUT2D eigenvalue weighted by Crippen LogP contribution is -2.38. The first-order valence-corrected chi connectivity index (χ1v) is 10.8. The number of amides is 1. The van der Waals surface area contributed by atoms with Crippen LogP contribution in [0.3, 0.4) is 0 Å². The van der Waals surface area contributed by atoms with Crippen molar-refractivity contribution in [2.75, 3.05) is 19.6 Å². The average molecular weight is 424 g/mol. The molecule has 7 nitrogen and oxygen atoms in total. The van der Waals surface area contributed by atoms with Gasteiger partial charge in [-0.1, -0.05) is 42.5 Å². The molecule has 2 aliphatic rings. The van der Waals surface area contributed by atoms with E-state index < -0.39 is 5.91 Å². The van der Waals surface area contributed by atoms with E-state index in [1.807, 2.05) is 30.3 Å². The molecule has 31 heavy (non-hydrogen) atoms. The average Bonchev–Trinajstić information content (AvgIpc) is 3.56. The van der Waals surface area contributed by atoms with Gasteiger partial charge in [0.25, 0.3) is 5.91 Å². The Morgan fingerprint density at radius 2 is 2.10 bits per heavy atom. The summed E-state index contributed by atoms with van der Waals surface area (Å²) in [7, 11) is 0. The summed E-state index contributed by atoms with van der Waals surface area (Å²) in [5.41, 5.74) is 6.24. The number of rotatable bonds is 9. The van der Waals surface area contributed by atoms with Crippen LogP contribution in [0.15, 0.2) is 64.0 Å². The van der Waals surface area contributed by atoms with Crippen LogP contribution in [0.25, 0.3) is 0 Å². The second-order valence-electron chi connectivity index (χ2n) is 8.50. The normalized spacial score (nSPS) is 24.5. The molecule has 0 radical (unpaired) electrons. The van der Waals surface area contributed by atoms with E-state index in [0.717, 1.165) is 31.4 Å². The largest absolute Gasteiger partial charge is 0.481 e. The zero-order chi connectivity index (χ0) is 21.7. The van der Waals surface area contributed by atoms with E-state index in [9.17, 15) is 9.59 Å². The number of hydrogen-bond acceptors (Lipinski definition) is 6. The number of hydrogen-bond donors (Lipinski definition) is 3. The molecule has 3 unspecified atom stereocenters. The van der Waals surface area contributed by atoms with Crippen molar-refractivity contribution in [2.24, 2.45) is 17.6 Å². The lowest BCUT2D eigenvalue weighted by molar-refractivity contribution is 0.0909. The molecule has 1 aliphatic heterocycles. The highest BCUT2D eigenvalue weighted by Gasteiger charge is 2.44. The number of allylic oxidation sites excluding steroid dienone is 1. The van der Waals surface area contributed by atoms with Gasteiger partial charge in [-0.2, -0.15) is 0 Å². The van der Waals surface area contributed by atoms with Crippen molar-refractivity contribution in [1.82, 2.24) is 10.6 Å². The van der Waals surface area contributed by atoms with E-state index in [1.165, 1.54) is 12.3 Å². The van der Waals surface area contributed by atoms with Gasteiger partial charge in [0.05, 0.1) is 6.26 Å². The van der Waals surface area contributed by atoms with Crippen molar-refractivity contribution in [2.45, 2.75) is 31.4 Å². The molecule has 1 saturated heterocycles. The van der Waals surface area contributed by atoms with E-state index in [0.29, 0.717) is 24.9 Å². The van der Waals surface area contributed by atoms with Gasteiger partial charge in [0.15, 0.2) is 0 Å². The fourth-order valence-electron chi connectivity index (χ4n) is 4.18. The molecule has 3 atom stereocenters. The van der Waals surface area contributed by atoms with Crippen LogP contribution in [-0.2, 0) is 6.61 Å². The number of nitrogens with two attached hydrogens (primary N) is 1. The number of nitrogens with one attached hydrogen (secondary N) is 2. The molecule has 1 aliphatic carbocycles. The van der Waals surface area contributed by atoms with Gasteiger partial charge in [-0.15, -0.1) is 0 Å². The van der Waals surface area contributed by atoms with Crippen molar-refractivity contribution < 1.29 is 13.9 Å². The molecular formula is C24H29N3O4. The first-order valence-electron chi connectivity index (χ1n) is 10.8. The van der Waals surface area contributed by atoms with Crippen LogP contribution in [-0.4, -0.2) is 31.1 Å². The van der Waals surface area contributed by atoms with E-state index in [4.69, 9.17) is 14.9 Å². The Morgan fingerprint density at radius 3 is 2.84 bits per heavy atom. The third-order valence-corrected chi connectivity index (χ3v) is 6.03. The molecule has 4 rings (SSSR count). The van der Waals surface area contributed by atoms with Crippen molar-refractivity contribution in [1.29, 1.82) is 0 Å². The summed E-state index contributed by atoms with van der Waals surface area (Å²) in [5.74, 6) is 0.377. The van der Waals surface area contributed by atoms with Crippen molar-refractivity contribution in [3.63, 3.8) is 0 Å². The molecule has 164 valence electrons. The van der Waals surface area contributed by atoms with Gasteiger partial charge in [0, 0.05) is 24.7 Å². The van der Waals surface area contributed by atoms with Crippen LogP contribution in [0.5, 0.6) is 5.75 Å². The van der Waals surface area contributed by atoms with Crippen LogP contribution in [0.1, 0.15) is 35.4 Å². The van der Waals surface area contributed by atoms with E-state index in [1.54, 1.807) is 0 Å². The summed E-state index contributed by atoms with van der Waals surface area (Å²) in [6.07, 6.45) is 8.74. The Labute approximate surface area is 181 Å². The molecule has 1 aromatic heterocycles. The second-order valence-corrected chi connectivity index (χ2v) is 8.50. The Morgan fingerprint density at radius 1 is 1.29 bits per heavy atom. The standard InChI is InChI=1S/C24H29N3O4/c25-13-19-8-4-7-18(11-19)12-24(16-27-24)15-26-23(29)22-21(20(28)9-10-30-22)31-14-17-5-2-1-3-6-17/h1-6,8-10,18-19,27H,7,11-16,25H2,(H,26,29). The van der Waals surface area contributed by atoms with Crippen LogP contribution >= 0.6 is 0 Å².